The minimum Gasteiger partial charge on any atom is -0.481 e. The van der Waals surface area contributed by atoms with Gasteiger partial charge in [-0.3, -0.25) is 4.79 Å². The third kappa shape index (κ3) is 5.24. The molecule has 2 amide bonds. The Morgan fingerprint density at radius 1 is 1.23 bits per heavy atom. The molecule has 1 saturated heterocycles. The van der Waals surface area contributed by atoms with Crippen LogP contribution in [0.1, 0.15) is 24.8 Å². The van der Waals surface area contributed by atoms with Crippen LogP contribution in [0.5, 0.6) is 5.75 Å². The number of para-hydroxylation sites is 1. The first kappa shape index (κ1) is 19.8. The second-order valence-corrected chi connectivity index (χ2v) is 5.87. The molecule has 1 aliphatic rings. The van der Waals surface area contributed by atoms with Crippen LogP contribution in [-0.2, 0) is 10.5 Å². The van der Waals surface area contributed by atoms with E-state index in [1.165, 1.54) is 23.1 Å². The molecule has 1 aromatic rings. The van der Waals surface area contributed by atoms with Gasteiger partial charge in [0.05, 0.1) is 6.42 Å². The molecule has 0 bridgehead atoms. The summed E-state index contributed by atoms with van der Waals surface area (Å²) in [6.07, 6.45) is -5.57. The molecule has 6 nitrogen and oxygen atoms in total. The maximum Gasteiger partial charge on any atom is 0.573 e. The van der Waals surface area contributed by atoms with Crippen LogP contribution in [0.3, 0.4) is 0 Å². The molecule has 10 heteroatoms. The summed E-state index contributed by atoms with van der Waals surface area (Å²) in [5, 5.41) is 10.9. The molecule has 0 aromatic heterocycles. The molecule has 0 unspecified atom stereocenters. The number of nitrogens with zero attached hydrogens (tertiary/aromatic N) is 1. The topological polar surface area (TPSA) is 78.9 Å². The molecule has 1 heterocycles. The van der Waals surface area contributed by atoms with Crippen LogP contribution in [0.4, 0.5) is 22.4 Å². The number of carbonyl (C=O) groups is 2. The van der Waals surface area contributed by atoms with Gasteiger partial charge >= 0.3 is 18.4 Å². The van der Waals surface area contributed by atoms with Crippen molar-refractivity contribution in [2.45, 2.75) is 31.3 Å². The summed E-state index contributed by atoms with van der Waals surface area (Å²) in [6.45, 7) is -0.0980. The Morgan fingerprint density at radius 2 is 1.85 bits per heavy atom. The number of rotatable bonds is 5. The lowest BCUT2D eigenvalue weighted by molar-refractivity contribution is -0.275. The normalized spacial score (nSPS) is 16.8. The van der Waals surface area contributed by atoms with Crippen LogP contribution in [0.25, 0.3) is 0 Å². The number of nitrogens with one attached hydrogen (secondary N) is 1. The highest BCUT2D eigenvalue weighted by atomic mass is 19.4. The molecule has 0 saturated carbocycles. The molecule has 0 aliphatic carbocycles. The van der Waals surface area contributed by atoms with Crippen LogP contribution in [0.2, 0.25) is 0 Å². The van der Waals surface area contributed by atoms with E-state index in [1.807, 2.05) is 0 Å². The van der Waals surface area contributed by atoms with Gasteiger partial charge in [0, 0.05) is 38.0 Å². The first-order valence-corrected chi connectivity index (χ1v) is 7.89. The first-order chi connectivity index (χ1) is 12.1. The third-order valence-corrected chi connectivity index (χ3v) is 4.05. The van der Waals surface area contributed by atoms with Gasteiger partial charge in [-0.2, -0.15) is 0 Å². The predicted molar refractivity (Wildman–Crippen MR) is 82.4 cm³/mol. The standard InChI is InChI=1S/C16H18F4N2O4/c17-15(11-3-1-2-4-12(11)26-16(18,19)20)6-9-22(10-7-15)14(25)21-8-5-13(23)24/h1-4H,5-10H2,(H,21,25)(H,23,24). The molecule has 2 rings (SSSR count). The van der Waals surface area contributed by atoms with Gasteiger partial charge < -0.3 is 20.1 Å². The van der Waals surface area contributed by atoms with E-state index in [9.17, 15) is 22.8 Å². The van der Waals surface area contributed by atoms with Crippen molar-refractivity contribution >= 4 is 12.0 Å². The zero-order chi connectivity index (χ0) is 19.4. The third-order valence-electron chi connectivity index (χ3n) is 4.05. The predicted octanol–water partition coefficient (Wildman–Crippen LogP) is 3.03. The van der Waals surface area contributed by atoms with Crippen LogP contribution < -0.4 is 10.1 Å². The number of carboxylic acid groups (broad SMARTS) is 1. The van der Waals surface area contributed by atoms with Crippen molar-refractivity contribution < 1.29 is 37.0 Å². The minimum absolute atomic E-state index is 0.0181. The van der Waals surface area contributed by atoms with Gasteiger partial charge in [0.1, 0.15) is 11.4 Å². The summed E-state index contributed by atoms with van der Waals surface area (Å²) in [7, 11) is 0. The fourth-order valence-corrected chi connectivity index (χ4v) is 2.77. The highest BCUT2D eigenvalue weighted by Crippen LogP contribution is 2.42. The number of halogens is 4. The Hall–Kier alpha value is -2.52. The summed E-state index contributed by atoms with van der Waals surface area (Å²) >= 11 is 0. The van der Waals surface area contributed by atoms with E-state index in [4.69, 9.17) is 5.11 Å². The van der Waals surface area contributed by atoms with E-state index in [-0.39, 0.29) is 44.5 Å². The van der Waals surface area contributed by atoms with Gasteiger partial charge in [0.25, 0.3) is 0 Å². The lowest BCUT2D eigenvalue weighted by atomic mass is 9.85. The van der Waals surface area contributed by atoms with E-state index in [0.717, 1.165) is 6.07 Å². The van der Waals surface area contributed by atoms with Crippen molar-refractivity contribution in [3.63, 3.8) is 0 Å². The lowest BCUT2D eigenvalue weighted by Gasteiger charge is -2.37. The van der Waals surface area contributed by atoms with Gasteiger partial charge in [0.15, 0.2) is 0 Å². The van der Waals surface area contributed by atoms with Crippen molar-refractivity contribution in [1.29, 1.82) is 0 Å². The van der Waals surface area contributed by atoms with Crippen molar-refractivity contribution in [3.05, 3.63) is 29.8 Å². The number of aliphatic carboxylic acids is 1. The lowest BCUT2D eigenvalue weighted by Crippen LogP contribution is -2.48. The number of piperidine rings is 1. The van der Waals surface area contributed by atoms with Crippen molar-refractivity contribution in [1.82, 2.24) is 10.2 Å². The number of likely N-dealkylation sites (tertiary alicyclic amines) is 1. The molecule has 0 atom stereocenters. The molecule has 144 valence electrons. The number of hydrogen-bond acceptors (Lipinski definition) is 3. The van der Waals surface area contributed by atoms with E-state index in [1.54, 1.807) is 0 Å². The van der Waals surface area contributed by atoms with Crippen LogP contribution >= 0.6 is 0 Å². The average molecular weight is 378 g/mol. The number of ether oxygens (including phenoxy) is 1. The van der Waals surface area contributed by atoms with Gasteiger partial charge in [-0.25, -0.2) is 9.18 Å². The Kier molecular flexibility index (Phi) is 5.94. The Labute approximate surface area is 146 Å². The molecule has 2 N–H and O–H groups in total. The molecule has 0 spiro atoms. The average Bonchev–Trinajstić information content (AvgIpc) is 2.54. The van der Waals surface area contributed by atoms with E-state index < -0.39 is 29.8 Å². The molecular weight excluding hydrogens is 360 g/mol. The fraction of sp³-hybridized carbons (Fsp3) is 0.500. The maximum atomic E-state index is 15.3. The summed E-state index contributed by atoms with van der Waals surface area (Å²) in [5.74, 6) is -1.66. The monoisotopic (exact) mass is 378 g/mol. The number of amides is 2. The second-order valence-electron chi connectivity index (χ2n) is 5.87. The number of alkyl halides is 4. The molecule has 26 heavy (non-hydrogen) atoms. The van der Waals surface area contributed by atoms with Crippen molar-refractivity contribution in [3.8, 4) is 5.75 Å². The zero-order valence-electron chi connectivity index (χ0n) is 13.7. The molecule has 1 fully saturated rings. The molecule has 1 aromatic carbocycles. The molecule has 0 radical (unpaired) electrons. The SMILES string of the molecule is O=C(O)CCNC(=O)N1CCC(F)(c2ccccc2OC(F)(F)F)CC1. The maximum absolute atomic E-state index is 15.3. The van der Waals surface area contributed by atoms with Gasteiger partial charge in [-0.1, -0.05) is 18.2 Å². The summed E-state index contributed by atoms with van der Waals surface area (Å²) in [5.41, 5.74) is -2.26. The van der Waals surface area contributed by atoms with E-state index >= 15 is 4.39 Å². The summed E-state index contributed by atoms with van der Waals surface area (Å²) < 4.78 is 56.7. The second kappa shape index (κ2) is 7.79. The molecule has 1 aliphatic heterocycles. The van der Waals surface area contributed by atoms with Crippen LogP contribution in [0.15, 0.2) is 24.3 Å². The summed E-state index contributed by atoms with van der Waals surface area (Å²) in [4.78, 5) is 23.6. The minimum atomic E-state index is -4.93. The Balaban J connectivity index is 2.02. The number of urea groups is 1. The van der Waals surface area contributed by atoms with Gasteiger partial charge in [-0.15, -0.1) is 13.2 Å². The number of carboxylic acids is 1. The van der Waals surface area contributed by atoms with Gasteiger partial charge in [-0.05, 0) is 6.07 Å². The highest BCUT2D eigenvalue weighted by molar-refractivity contribution is 5.75. The van der Waals surface area contributed by atoms with Crippen LogP contribution in [-0.4, -0.2) is 48.0 Å². The first-order valence-electron chi connectivity index (χ1n) is 7.89. The molecular formula is C16H18F4N2O4. The Bertz CT molecular complexity index is 658. The number of benzene rings is 1. The van der Waals surface area contributed by atoms with Crippen molar-refractivity contribution in [2.24, 2.45) is 0 Å². The van der Waals surface area contributed by atoms with Crippen molar-refractivity contribution in [2.75, 3.05) is 19.6 Å². The number of hydrogen-bond donors (Lipinski definition) is 2. The Morgan fingerprint density at radius 3 is 2.42 bits per heavy atom. The number of carbonyl (C=O) groups excluding carboxylic acids is 1. The zero-order valence-corrected chi connectivity index (χ0v) is 13.7. The fourth-order valence-electron chi connectivity index (χ4n) is 2.77. The van der Waals surface area contributed by atoms with Gasteiger partial charge in [0.2, 0.25) is 0 Å². The van der Waals surface area contributed by atoms with E-state index in [2.05, 4.69) is 10.1 Å². The van der Waals surface area contributed by atoms with Crippen LogP contribution in [0, 0.1) is 0 Å². The highest BCUT2D eigenvalue weighted by Gasteiger charge is 2.41. The quantitative estimate of drug-likeness (QED) is 0.772. The largest absolute Gasteiger partial charge is 0.573 e. The van der Waals surface area contributed by atoms with E-state index in [0.29, 0.717) is 0 Å². The smallest absolute Gasteiger partial charge is 0.481 e. The summed E-state index contributed by atoms with van der Waals surface area (Å²) in [6, 6.07) is 4.50.